The number of ether oxygens (including phenoxy) is 1. The van der Waals surface area contributed by atoms with Crippen molar-refractivity contribution in [2.24, 2.45) is 23.7 Å². The molecule has 1 saturated heterocycles. The summed E-state index contributed by atoms with van der Waals surface area (Å²) in [5.74, 6) is -4.28. The van der Waals surface area contributed by atoms with Crippen molar-refractivity contribution in [2.75, 3.05) is 7.11 Å². The number of hydrogen-bond acceptors (Lipinski definition) is 6. The van der Waals surface area contributed by atoms with E-state index in [1.54, 1.807) is 18.2 Å². The van der Waals surface area contributed by atoms with Crippen LogP contribution in [0.4, 0.5) is 0 Å². The molecule has 4 aromatic carbocycles. The second kappa shape index (κ2) is 11.8. The molecule has 2 fully saturated rings. The van der Waals surface area contributed by atoms with E-state index >= 15 is 4.79 Å². The SMILES string of the molecule is COc1cccc([C@H]2C3=CC[C@@H]4C(=O)N(Cc5ccccc5)C(=O)[C@@H]4[C@@H]3C[C@H]3C(=O)C(c4ccccc4)=CC(=O)[C@@]23c2ccccc2)c1O. The van der Waals surface area contributed by atoms with E-state index in [4.69, 9.17) is 4.74 Å². The number of methoxy groups -OCH3 is 1. The normalized spacial score (nSPS) is 27.5. The number of fused-ring (bicyclic) bond motifs is 4. The van der Waals surface area contributed by atoms with Gasteiger partial charge in [-0.1, -0.05) is 115 Å². The van der Waals surface area contributed by atoms with E-state index in [0.717, 1.165) is 11.1 Å². The van der Waals surface area contributed by atoms with Gasteiger partial charge in [-0.2, -0.15) is 0 Å². The van der Waals surface area contributed by atoms with Crippen molar-refractivity contribution in [1.82, 2.24) is 4.90 Å². The van der Waals surface area contributed by atoms with Crippen molar-refractivity contribution in [3.63, 3.8) is 0 Å². The fourth-order valence-electron chi connectivity index (χ4n) is 9.14. The zero-order chi connectivity index (χ0) is 33.9. The molecule has 3 aliphatic carbocycles. The summed E-state index contributed by atoms with van der Waals surface area (Å²) < 4.78 is 5.54. The Bertz CT molecular complexity index is 2050. The highest BCUT2D eigenvalue weighted by atomic mass is 16.5. The summed E-state index contributed by atoms with van der Waals surface area (Å²) in [7, 11) is 1.47. The number of imide groups is 1. The lowest BCUT2D eigenvalue weighted by atomic mass is 9.44. The van der Waals surface area contributed by atoms with Gasteiger partial charge in [-0.25, -0.2) is 0 Å². The second-order valence-corrected chi connectivity index (χ2v) is 13.4. The molecule has 0 radical (unpaired) electrons. The van der Waals surface area contributed by atoms with Gasteiger partial charge in [0, 0.05) is 23.0 Å². The lowest BCUT2D eigenvalue weighted by Gasteiger charge is -2.55. The van der Waals surface area contributed by atoms with E-state index in [2.05, 4.69) is 0 Å². The number of phenols is 1. The van der Waals surface area contributed by atoms with Gasteiger partial charge in [-0.05, 0) is 47.6 Å². The predicted octanol–water partition coefficient (Wildman–Crippen LogP) is 6.43. The van der Waals surface area contributed by atoms with E-state index < -0.39 is 35.0 Å². The number of hydrogen-bond donors (Lipinski definition) is 1. The summed E-state index contributed by atoms with van der Waals surface area (Å²) in [6.07, 6.45) is 4.00. The Morgan fingerprint density at radius 1 is 0.796 bits per heavy atom. The molecule has 4 aliphatic rings. The Hall–Kier alpha value is -5.56. The van der Waals surface area contributed by atoms with Gasteiger partial charge < -0.3 is 9.84 Å². The molecule has 1 N–H and O–H groups in total. The van der Waals surface area contributed by atoms with Gasteiger partial charge in [0.1, 0.15) is 0 Å². The summed E-state index contributed by atoms with van der Waals surface area (Å²) in [6.45, 7) is 0.170. The molecule has 6 atom stereocenters. The first-order valence-electron chi connectivity index (χ1n) is 16.7. The number of likely N-dealkylation sites (tertiary alicyclic amines) is 1. The molecule has 0 spiro atoms. The fraction of sp³-hybridized carbons (Fsp3) is 0.238. The van der Waals surface area contributed by atoms with Gasteiger partial charge in [-0.3, -0.25) is 24.1 Å². The Morgan fingerprint density at radius 2 is 1.47 bits per heavy atom. The van der Waals surface area contributed by atoms with E-state index in [1.165, 1.54) is 18.1 Å². The molecule has 1 heterocycles. The molecule has 0 aromatic heterocycles. The third-order valence-corrected chi connectivity index (χ3v) is 11.2. The zero-order valence-corrected chi connectivity index (χ0v) is 27.0. The van der Waals surface area contributed by atoms with Gasteiger partial charge in [-0.15, -0.1) is 0 Å². The first-order valence-corrected chi connectivity index (χ1v) is 16.7. The maximum absolute atomic E-state index is 15.1. The van der Waals surface area contributed by atoms with Gasteiger partial charge in [0.2, 0.25) is 11.8 Å². The highest BCUT2D eigenvalue weighted by Crippen LogP contribution is 2.64. The van der Waals surface area contributed by atoms with Crippen LogP contribution in [0.25, 0.3) is 5.57 Å². The van der Waals surface area contributed by atoms with Crippen LogP contribution in [-0.4, -0.2) is 40.5 Å². The lowest BCUT2D eigenvalue weighted by Crippen LogP contribution is -2.58. The zero-order valence-electron chi connectivity index (χ0n) is 27.0. The molecule has 2 amide bonds. The third kappa shape index (κ3) is 4.55. The minimum absolute atomic E-state index is 0.120. The largest absolute Gasteiger partial charge is 0.504 e. The quantitative estimate of drug-likeness (QED) is 0.191. The number of nitrogens with zero attached hydrogens (tertiary/aromatic N) is 1. The number of Topliss-reactive ketones (excluding diaryl/α,β-unsaturated/α-hetero) is 1. The third-order valence-electron chi connectivity index (χ3n) is 11.2. The van der Waals surface area contributed by atoms with Crippen LogP contribution in [0.2, 0.25) is 0 Å². The van der Waals surface area contributed by atoms with Crippen molar-refractivity contribution >= 4 is 29.0 Å². The first-order chi connectivity index (χ1) is 23.9. The van der Waals surface area contributed by atoms with Crippen molar-refractivity contribution < 1.29 is 29.0 Å². The Morgan fingerprint density at radius 3 is 2.16 bits per heavy atom. The number of rotatable bonds is 6. The van der Waals surface area contributed by atoms with Crippen LogP contribution in [0.3, 0.4) is 0 Å². The number of phenolic OH excluding ortho intramolecular Hbond substituents is 1. The second-order valence-electron chi connectivity index (χ2n) is 13.4. The van der Waals surface area contributed by atoms with Gasteiger partial charge in [0.05, 0.1) is 30.9 Å². The maximum Gasteiger partial charge on any atom is 0.234 e. The molecule has 8 rings (SSSR count). The Labute approximate surface area is 284 Å². The molecule has 4 aromatic rings. The summed E-state index contributed by atoms with van der Waals surface area (Å²) in [6, 6.07) is 33.2. The van der Waals surface area contributed by atoms with Crippen LogP contribution in [0, 0.1) is 23.7 Å². The highest BCUT2D eigenvalue weighted by molar-refractivity contribution is 6.31. The molecule has 0 unspecified atom stereocenters. The monoisotopic (exact) mass is 649 g/mol. The highest BCUT2D eigenvalue weighted by Gasteiger charge is 2.66. The molecular weight excluding hydrogens is 614 g/mol. The number of allylic oxidation sites excluding steroid dienone is 4. The lowest BCUT2D eigenvalue weighted by molar-refractivity contribution is -0.141. The Balaban J connectivity index is 1.35. The van der Waals surface area contributed by atoms with E-state index in [9.17, 15) is 19.5 Å². The van der Waals surface area contributed by atoms with Crippen LogP contribution >= 0.6 is 0 Å². The number of para-hydroxylation sites is 1. The van der Waals surface area contributed by atoms with Gasteiger partial charge >= 0.3 is 0 Å². The number of benzene rings is 4. The van der Waals surface area contributed by atoms with Crippen LogP contribution in [0.15, 0.2) is 127 Å². The smallest absolute Gasteiger partial charge is 0.234 e. The van der Waals surface area contributed by atoms with E-state index in [-0.39, 0.29) is 47.8 Å². The van der Waals surface area contributed by atoms with Crippen molar-refractivity contribution in [3.05, 3.63) is 149 Å². The maximum atomic E-state index is 15.1. The predicted molar refractivity (Wildman–Crippen MR) is 183 cm³/mol. The topological polar surface area (TPSA) is 101 Å². The van der Waals surface area contributed by atoms with Crippen molar-refractivity contribution in [3.8, 4) is 11.5 Å². The Kier molecular flexibility index (Phi) is 7.43. The van der Waals surface area contributed by atoms with Crippen LogP contribution in [-0.2, 0) is 31.1 Å². The van der Waals surface area contributed by atoms with Gasteiger partial charge in [0.25, 0.3) is 0 Å². The molecular formula is C42H35NO6. The molecule has 7 nitrogen and oxygen atoms in total. The van der Waals surface area contributed by atoms with Crippen molar-refractivity contribution in [2.45, 2.75) is 30.7 Å². The first kappa shape index (κ1) is 30.8. The minimum Gasteiger partial charge on any atom is -0.504 e. The standard InChI is InChI=1S/C42H35NO6/c1-49-34-19-11-18-30(39(34)46)37-28-20-21-29-36(41(48)43(40(29)47)24-25-12-5-2-6-13-25)32(28)22-33-38(45)31(26-14-7-3-8-15-26)23-35(44)42(33,37)27-16-9-4-10-17-27/h2-20,23,29,32-33,36-37,46H,21-22,24H2,1H3/t29-,32+,33-,36-,37+,42-/m0/s1. The summed E-state index contributed by atoms with van der Waals surface area (Å²) in [5, 5.41) is 11.8. The summed E-state index contributed by atoms with van der Waals surface area (Å²) in [5.41, 5.74) is 2.30. The van der Waals surface area contributed by atoms with Crippen molar-refractivity contribution in [1.29, 1.82) is 0 Å². The number of carbonyl (C=O) groups is 4. The fourth-order valence-corrected chi connectivity index (χ4v) is 9.14. The van der Waals surface area contributed by atoms with E-state index in [0.29, 0.717) is 28.7 Å². The number of amides is 2. The summed E-state index contributed by atoms with van der Waals surface area (Å²) >= 11 is 0. The molecule has 49 heavy (non-hydrogen) atoms. The van der Waals surface area contributed by atoms with Crippen LogP contribution in [0.5, 0.6) is 11.5 Å². The minimum atomic E-state index is -1.43. The molecule has 1 saturated carbocycles. The number of ketones is 2. The summed E-state index contributed by atoms with van der Waals surface area (Å²) in [4.78, 5) is 59.8. The molecule has 0 bridgehead atoms. The number of carbonyl (C=O) groups excluding carboxylic acids is 4. The number of aromatic hydroxyl groups is 1. The van der Waals surface area contributed by atoms with Crippen LogP contribution in [0.1, 0.15) is 41.0 Å². The molecule has 1 aliphatic heterocycles. The average Bonchev–Trinajstić information content (AvgIpc) is 3.38. The average molecular weight is 650 g/mol. The molecule has 244 valence electrons. The van der Waals surface area contributed by atoms with Crippen LogP contribution < -0.4 is 4.74 Å². The molecule has 7 heteroatoms. The van der Waals surface area contributed by atoms with Gasteiger partial charge in [0.15, 0.2) is 23.1 Å². The van der Waals surface area contributed by atoms with E-state index in [1.807, 2.05) is 97.1 Å².